The van der Waals surface area contributed by atoms with E-state index in [9.17, 15) is 22.0 Å². The van der Waals surface area contributed by atoms with Gasteiger partial charge in [-0.1, -0.05) is 6.42 Å². The third-order valence-electron chi connectivity index (χ3n) is 4.51. The Hall–Kier alpha value is -1.17. The third kappa shape index (κ3) is 2.01. The highest BCUT2D eigenvalue weighted by molar-refractivity contribution is 5.27. The molecular formula is C14H14F5N. The maximum Gasteiger partial charge on any atom is 0.200 e. The molecule has 2 unspecified atom stereocenters. The van der Waals surface area contributed by atoms with Crippen LogP contribution in [0.3, 0.4) is 0 Å². The van der Waals surface area contributed by atoms with E-state index in [0.717, 1.165) is 19.3 Å². The summed E-state index contributed by atoms with van der Waals surface area (Å²) in [5.74, 6) is -9.22. The SMILES string of the molecule is Fc1c(F)c(F)c(CC23CCCC(CC2)N3)c(F)c1F. The highest BCUT2D eigenvalue weighted by Crippen LogP contribution is 2.39. The van der Waals surface area contributed by atoms with Crippen molar-refractivity contribution in [2.24, 2.45) is 0 Å². The Morgan fingerprint density at radius 1 is 0.850 bits per heavy atom. The van der Waals surface area contributed by atoms with Crippen molar-refractivity contribution in [2.75, 3.05) is 0 Å². The molecule has 0 aliphatic carbocycles. The molecule has 1 nitrogen and oxygen atoms in total. The second-order valence-corrected chi connectivity index (χ2v) is 5.78. The van der Waals surface area contributed by atoms with Crippen molar-refractivity contribution in [1.82, 2.24) is 5.32 Å². The molecule has 2 heterocycles. The quantitative estimate of drug-likeness (QED) is 0.499. The van der Waals surface area contributed by atoms with Gasteiger partial charge in [-0.05, 0) is 32.1 Å². The van der Waals surface area contributed by atoms with Gasteiger partial charge >= 0.3 is 0 Å². The lowest BCUT2D eigenvalue weighted by Crippen LogP contribution is -2.48. The summed E-state index contributed by atoms with van der Waals surface area (Å²) in [6.45, 7) is 0. The fourth-order valence-corrected chi connectivity index (χ4v) is 3.50. The summed E-state index contributed by atoms with van der Waals surface area (Å²) in [4.78, 5) is 0. The minimum Gasteiger partial charge on any atom is -0.308 e. The van der Waals surface area contributed by atoms with E-state index in [1.165, 1.54) is 0 Å². The molecule has 2 fully saturated rings. The van der Waals surface area contributed by atoms with Crippen LogP contribution in [0.1, 0.15) is 37.7 Å². The van der Waals surface area contributed by atoms with Crippen LogP contribution in [-0.2, 0) is 6.42 Å². The fourth-order valence-electron chi connectivity index (χ4n) is 3.50. The van der Waals surface area contributed by atoms with E-state index in [1.807, 2.05) is 0 Å². The van der Waals surface area contributed by atoms with Crippen LogP contribution < -0.4 is 5.32 Å². The van der Waals surface area contributed by atoms with Crippen molar-refractivity contribution in [3.8, 4) is 0 Å². The Kier molecular flexibility index (Phi) is 3.23. The molecule has 2 saturated heterocycles. The molecule has 2 aliphatic heterocycles. The molecule has 2 aliphatic rings. The van der Waals surface area contributed by atoms with Gasteiger partial charge in [0.2, 0.25) is 5.82 Å². The standard InChI is InChI=1S/C14H14F5N/c15-9-8(10(16)12(18)13(19)11(9)17)6-14-4-1-2-7(20-14)3-5-14/h7,20H,1-6H2. The molecule has 1 N–H and O–H groups in total. The van der Waals surface area contributed by atoms with Gasteiger partial charge in [0, 0.05) is 17.1 Å². The molecule has 0 saturated carbocycles. The number of piperidine rings is 1. The number of hydrogen-bond donors (Lipinski definition) is 1. The van der Waals surface area contributed by atoms with Crippen molar-refractivity contribution in [3.05, 3.63) is 34.6 Å². The largest absolute Gasteiger partial charge is 0.308 e. The molecule has 6 heteroatoms. The van der Waals surface area contributed by atoms with Crippen molar-refractivity contribution < 1.29 is 22.0 Å². The molecule has 1 aromatic carbocycles. The molecule has 2 bridgehead atoms. The number of halogens is 5. The van der Waals surface area contributed by atoms with Gasteiger partial charge in [-0.15, -0.1) is 0 Å². The lowest BCUT2D eigenvalue weighted by molar-refractivity contribution is 0.264. The predicted molar refractivity (Wildman–Crippen MR) is 62.7 cm³/mol. The van der Waals surface area contributed by atoms with E-state index >= 15 is 0 Å². The van der Waals surface area contributed by atoms with E-state index in [0.29, 0.717) is 18.9 Å². The number of hydrogen-bond acceptors (Lipinski definition) is 1. The van der Waals surface area contributed by atoms with Crippen molar-refractivity contribution in [2.45, 2.75) is 50.1 Å². The highest BCUT2D eigenvalue weighted by Gasteiger charge is 2.43. The zero-order valence-corrected chi connectivity index (χ0v) is 10.7. The molecule has 0 spiro atoms. The summed E-state index contributed by atoms with van der Waals surface area (Å²) >= 11 is 0. The Morgan fingerprint density at radius 3 is 2.10 bits per heavy atom. The fraction of sp³-hybridized carbons (Fsp3) is 0.571. The van der Waals surface area contributed by atoms with Crippen LogP contribution in [0.2, 0.25) is 0 Å². The van der Waals surface area contributed by atoms with Crippen LogP contribution in [0.15, 0.2) is 0 Å². The van der Waals surface area contributed by atoms with Crippen LogP contribution in [-0.4, -0.2) is 11.6 Å². The molecular weight excluding hydrogens is 277 g/mol. The molecule has 110 valence electrons. The van der Waals surface area contributed by atoms with Crippen LogP contribution in [0.25, 0.3) is 0 Å². The first kappa shape index (κ1) is 13.8. The van der Waals surface area contributed by atoms with Gasteiger partial charge in [0.1, 0.15) is 0 Å². The monoisotopic (exact) mass is 291 g/mol. The number of fused-ring (bicyclic) bond motifs is 2. The third-order valence-corrected chi connectivity index (χ3v) is 4.51. The Labute approximate surface area is 113 Å². The maximum atomic E-state index is 13.7. The lowest BCUT2D eigenvalue weighted by Gasteiger charge is -2.35. The van der Waals surface area contributed by atoms with Gasteiger partial charge in [-0.3, -0.25) is 0 Å². The molecule has 0 amide bonds. The van der Waals surface area contributed by atoms with Gasteiger partial charge in [0.15, 0.2) is 23.3 Å². The summed E-state index contributed by atoms with van der Waals surface area (Å²) in [6.07, 6.45) is 4.04. The second-order valence-electron chi connectivity index (χ2n) is 5.78. The van der Waals surface area contributed by atoms with E-state index in [1.54, 1.807) is 0 Å². The minimum absolute atomic E-state index is 0.157. The number of nitrogens with one attached hydrogen (secondary N) is 1. The van der Waals surface area contributed by atoms with Crippen molar-refractivity contribution in [3.63, 3.8) is 0 Å². The summed E-state index contributed by atoms with van der Waals surface area (Å²) < 4.78 is 66.9. The van der Waals surface area contributed by atoms with E-state index in [-0.39, 0.29) is 6.42 Å². The molecule has 20 heavy (non-hydrogen) atoms. The smallest absolute Gasteiger partial charge is 0.200 e. The molecule has 0 aromatic heterocycles. The lowest BCUT2D eigenvalue weighted by atomic mass is 9.84. The zero-order valence-electron chi connectivity index (χ0n) is 10.7. The topological polar surface area (TPSA) is 12.0 Å². The van der Waals surface area contributed by atoms with Gasteiger partial charge in [-0.25, -0.2) is 22.0 Å². The van der Waals surface area contributed by atoms with Crippen molar-refractivity contribution in [1.29, 1.82) is 0 Å². The van der Waals surface area contributed by atoms with Crippen LogP contribution >= 0.6 is 0 Å². The Bertz CT molecular complexity index is 526. The van der Waals surface area contributed by atoms with E-state index in [2.05, 4.69) is 5.32 Å². The summed E-state index contributed by atoms with van der Waals surface area (Å²) in [5.41, 5.74) is -1.22. The first-order chi connectivity index (χ1) is 9.43. The molecule has 1 aromatic rings. The summed E-state index contributed by atoms with van der Waals surface area (Å²) in [6, 6.07) is 0.296. The number of rotatable bonds is 2. The average Bonchev–Trinajstić information content (AvgIpc) is 2.74. The highest BCUT2D eigenvalue weighted by atomic mass is 19.2. The first-order valence-corrected chi connectivity index (χ1v) is 6.71. The first-order valence-electron chi connectivity index (χ1n) is 6.71. The minimum atomic E-state index is -2.10. The summed E-state index contributed by atoms with van der Waals surface area (Å²) in [7, 11) is 0. The van der Waals surface area contributed by atoms with Gasteiger partial charge in [-0.2, -0.15) is 0 Å². The zero-order chi connectivity index (χ0) is 14.5. The predicted octanol–water partition coefficient (Wildman–Crippen LogP) is 3.60. The second kappa shape index (κ2) is 4.69. The Balaban J connectivity index is 1.99. The Morgan fingerprint density at radius 2 is 1.45 bits per heavy atom. The normalized spacial score (nSPS) is 28.9. The van der Waals surface area contributed by atoms with Gasteiger partial charge in [0.05, 0.1) is 0 Å². The van der Waals surface area contributed by atoms with Crippen LogP contribution in [0, 0.1) is 29.1 Å². The maximum absolute atomic E-state index is 13.7. The van der Waals surface area contributed by atoms with E-state index in [4.69, 9.17) is 0 Å². The van der Waals surface area contributed by atoms with Crippen LogP contribution in [0.4, 0.5) is 22.0 Å². The molecule has 0 radical (unpaired) electrons. The van der Waals surface area contributed by atoms with E-state index < -0.39 is 40.2 Å². The molecule has 2 atom stereocenters. The average molecular weight is 291 g/mol. The van der Waals surface area contributed by atoms with Gasteiger partial charge < -0.3 is 5.32 Å². The van der Waals surface area contributed by atoms with Crippen molar-refractivity contribution >= 4 is 0 Å². The molecule has 3 rings (SSSR count). The van der Waals surface area contributed by atoms with Crippen LogP contribution in [0.5, 0.6) is 0 Å². The number of benzene rings is 1. The van der Waals surface area contributed by atoms with Gasteiger partial charge in [0.25, 0.3) is 0 Å². The summed E-state index contributed by atoms with van der Waals surface area (Å²) in [5, 5.41) is 3.29.